The molecule has 20 heavy (non-hydrogen) atoms. The van der Waals surface area contributed by atoms with Gasteiger partial charge in [0.15, 0.2) is 0 Å². The summed E-state index contributed by atoms with van der Waals surface area (Å²) in [6.07, 6.45) is 4.00. The summed E-state index contributed by atoms with van der Waals surface area (Å²) in [5, 5.41) is 12.1. The molecule has 1 aliphatic rings. The molecule has 0 aliphatic carbocycles. The molecule has 1 saturated heterocycles. The number of carbonyl (C=O) groups is 2. The van der Waals surface area contributed by atoms with Gasteiger partial charge in [0.1, 0.15) is 6.04 Å². The summed E-state index contributed by atoms with van der Waals surface area (Å²) >= 11 is 3.34. The van der Waals surface area contributed by atoms with E-state index in [4.69, 9.17) is 0 Å². The molecule has 0 aromatic heterocycles. The second-order valence-electron chi connectivity index (χ2n) is 4.88. The number of rotatable bonds is 6. The fourth-order valence-corrected chi connectivity index (χ4v) is 4.08. The lowest BCUT2D eigenvalue weighted by molar-refractivity contribution is -0.141. The number of thioether (sulfide) groups is 2. The first-order valence-corrected chi connectivity index (χ1v) is 9.27. The van der Waals surface area contributed by atoms with E-state index in [0.717, 1.165) is 18.6 Å². The molecule has 5 nitrogen and oxygen atoms in total. The van der Waals surface area contributed by atoms with E-state index in [1.807, 2.05) is 0 Å². The van der Waals surface area contributed by atoms with Crippen molar-refractivity contribution in [3.63, 3.8) is 0 Å². The lowest BCUT2D eigenvalue weighted by Crippen LogP contribution is -2.55. The van der Waals surface area contributed by atoms with Crippen molar-refractivity contribution < 1.29 is 14.7 Å². The highest BCUT2D eigenvalue weighted by molar-refractivity contribution is 8.00. The Morgan fingerprint density at radius 2 is 2.10 bits per heavy atom. The maximum Gasteiger partial charge on any atom is 0.327 e. The van der Waals surface area contributed by atoms with E-state index in [0.29, 0.717) is 18.8 Å². The van der Waals surface area contributed by atoms with Gasteiger partial charge in [0, 0.05) is 29.3 Å². The van der Waals surface area contributed by atoms with Gasteiger partial charge >= 0.3 is 12.0 Å². The maximum absolute atomic E-state index is 12.2. The smallest absolute Gasteiger partial charge is 0.327 e. The summed E-state index contributed by atoms with van der Waals surface area (Å²) in [6.45, 7) is 5.31. The fraction of sp³-hybridized carbons (Fsp3) is 0.846. The zero-order valence-electron chi connectivity index (χ0n) is 12.3. The summed E-state index contributed by atoms with van der Waals surface area (Å²) < 4.78 is 0.0406. The summed E-state index contributed by atoms with van der Waals surface area (Å²) in [7, 11) is 0. The van der Waals surface area contributed by atoms with E-state index in [1.165, 1.54) is 4.90 Å². The van der Waals surface area contributed by atoms with Crippen molar-refractivity contribution in [2.75, 3.05) is 30.9 Å². The van der Waals surface area contributed by atoms with Crippen LogP contribution in [0.3, 0.4) is 0 Å². The SMILES string of the molecule is CCC(CC)(CNC(=O)N1CCSCC1C(=O)O)SC. The van der Waals surface area contributed by atoms with E-state index in [1.54, 1.807) is 23.5 Å². The van der Waals surface area contributed by atoms with Gasteiger partial charge in [-0.15, -0.1) is 0 Å². The van der Waals surface area contributed by atoms with E-state index in [9.17, 15) is 14.7 Å². The van der Waals surface area contributed by atoms with Crippen molar-refractivity contribution in [2.45, 2.75) is 37.5 Å². The molecule has 0 aromatic rings. The second kappa shape index (κ2) is 8.02. The average Bonchev–Trinajstić information content (AvgIpc) is 2.49. The first-order chi connectivity index (χ1) is 9.49. The van der Waals surface area contributed by atoms with E-state index >= 15 is 0 Å². The molecule has 1 unspecified atom stereocenters. The number of carboxylic acid groups (broad SMARTS) is 1. The number of carboxylic acids is 1. The number of hydrogen-bond acceptors (Lipinski definition) is 4. The van der Waals surface area contributed by atoms with Crippen LogP contribution >= 0.6 is 23.5 Å². The quantitative estimate of drug-likeness (QED) is 0.784. The minimum atomic E-state index is -0.922. The Hall–Kier alpha value is -0.560. The van der Waals surface area contributed by atoms with Crippen molar-refractivity contribution in [2.24, 2.45) is 0 Å². The lowest BCUT2D eigenvalue weighted by Gasteiger charge is -2.35. The number of urea groups is 1. The number of amides is 2. The predicted octanol–water partition coefficient (Wildman–Crippen LogP) is 2.12. The molecule has 0 aromatic carbocycles. The predicted molar refractivity (Wildman–Crippen MR) is 85.7 cm³/mol. The molecule has 0 radical (unpaired) electrons. The highest BCUT2D eigenvalue weighted by atomic mass is 32.2. The Labute approximate surface area is 129 Å². The van der Waals surface area contributed by atoms with Gasteiger partial charge in [-0.2, -0.15) is 23.5 Å². The van der Waals surface area contributed by atoms with Crippen LogP contribution in [0.5, 0.6) is 0 Å². The Bertz CT molecular complexity index is 340. The van der Waals surface area contributed by atoms with Crippen molar-refractivity contribution in [1.29, 1.82) is 0 Å². The average molecular weight is 320 g/mol. The van der Waals surface area contributed by atoms with Crippen LogP contribution in [-0.4, -0.2) is 63.6 Å². The summed E-state index contributed by atoms with van der Waals surface area (Å²) in [4.78, 5) is 24.9. The van der Waals surface area contributed by atoms with Crippen LogP contribution in [0.2, 0.25) is 0 Å². The van der Waals surface area contributed by atoms with Gasteiger partial charge in [0.05, 0.1) is 0 Å². The molecule has 1 aliphatic heterocycles. The number of aliphatic carboxylic acids is 1. The number of hydrogen-bond donors (Lipinski definition) is 2. The van der Waals surface area contributed by atoms with Crippen LogP contribution in [-0.2, 0) is 4.79 Å². The molecule has 1 fully saturated rings. The Morgan fingerprint density at radius 3 is 2.60 bits per heavy atom. The molecule has 1 atom stereocenters. The van der Waals surface area contributed by atoms with Crippen molar-refractivity contribution in [3.8, 4) is 0 Å². The molecule has 0 spiro atoms. The van der Waals surface area contributed by atoms with Crippen LogP contribution in [0.25, 0.3) is 0 Å². The second-order valence-corrected chi connectivity index (χ2v) is 7.30. The molecule has 0 bridgehead atoms. The van der Waals surface area contributed by atoms with E-state index in [-0.39, 0.29) is 10.8 Å². The van der Waals surface area contributed by atoms with Crippen LogP contribution in [0.4, 0.5) is 4.79 Å². The molecule has 1 rings (SSSR count). The first-order valence-electron chi connectivity index (χ1n) is 6.89. The van der Waals surface area contributed by atoms with Crippen molar-refractivity contribution >= 4 is 35.5 Å². The number of carbonyl (C=O) groups excluding carboxylic acids is 1. The van der Waals surface area contributed by atoms with E-state index < -0.39 is 12.0 Å². The molecule has 1 heterocycles. The number of nitrogens with zero attached hydrogens (tertiary/aromatic N) is 1. The lowest BCUT2D eigenvalue weighted by atomic mass is 10.0. The van der Waals surface area contributed by atoms with Gasteiger partial charge < -0.3 is 15.3 Å². The number of nitrogens with one attached hydrogen (secondary N) is 1. The van der Waals surface area contributed by atoms with Gasteiger partial charge in [0.25, 0.3) is 0 Å². The van der Waals surface area contributed by atoms with Gasteiger partial charge in [-0.1, -0.05) is 13.8 Å². The fourth-order valence-electron chi connectivity index (χ4n) is 2.25. The summed E-state index contributed by atoms with van der Waals surface area (Å²) in [5.41, 5.74) is 0. The topological polar surface area (TPSA) is 69.6 Å². The van der Waals surface area contributed by atoms with Crippen molar-refractivity contribution in [1.82, 2.24) is 10.2 Å². The molecule has 2 amide bonds. The third kappa shape index (κ3) is 4.22. The molecule has 2 N–H and O–H groups in total. The van der Waals surface area contributed by atoms with Crippen LogP contribution in [0.1, 0.15) is 26.7 Å². The van der Waals surface area contributed by atoms with E-state index in [2.05, 4.69) is 25.4 Å². The Morgan fingerprint density at radius 1 is 1.45 bits per heavy atom. The first kappa shape index (κ1) is 17.5. The Balaban J connectivity index is 2.62. The van der Waals surface area contributed by atoms with Gasteiger partial charge in [0.2, 0.25) is 0 Å². The molecule has 0 saturated carbocycles. The maximum atomic E-state index is 12.2. The third-order valence-corrected chi connectivity index (χ3v) is 6.57. The molecule has 7 heteroatoms. The zero-order valence-corrected chi connectivity index (χ0v) is 14.0. The van der Waals surface area contributed by atoms with Gasteiger partial charge in [-0.25, -0.2) is 9.59 Å². The third-order valence-electron chi connectivity index (χ3n) is 3.96. The minimum Gasteiger partial charge on any atom is -0.480 e. The van der Waals surface area contributed by atoms with Crippen LogP contribution < -0.4 is 5.32 Å². The zero-order chi connectivity index (χ0) is 15.2. The summed E-state index contributed by atoms with van der Waals surface area (Å²) in [5.74, 6) is 0.346. The standard InChI is InChI=1S/C13H24N2O3S2/c1-4-13(5-2,19-3)9-14-12(18)15-6-7-20-8-10(15)11(16)17/h10H,4-9H2,1-3H3,(H,14,18)(H,16,17). The largest absolute Gasteiger partial charge is 0.480 e. The van der Waals surface area contributed by atoms with Crippen LogP contribution in [0.15, 0.2) is 0 Å². The minimum absolute atomic E-state index is 0.0406. The van der Waals surface area contributed by atoms with Crippen LogP contribution in [0, 0.1) is 0 Å². The van der Waals surface area contributed by atoms with Gasteiger partial charge in [-0.3, -0.25) is 0 Å². The highest BCUT2D eigenvalue weighted by Gasteiger charge is 2.33. The normalized spacial score (nSPS) is 19.8. The highest BCUT2D eigenvalue weighted by Crippen LogP contribution is 2.29. The molecule has 116 valence electrons. The van der Waals surface area contributed by atoms with Crippen molar-refractivity contribution in [3.05, 3.63) is 0 Å². The molecular formula is C13H24N2O3S2. The Kier molecular flexibility index (Phi) is 7.02. The summed E-state index contributed by atoms with van der Waals surface area (Å²) in [6, 6.07) is -0.960. The van der Waals surface area contributed by atoms with Gasteiger partial charge in [-0.05, 0) is 19.1 Å². The monoisotopic (exact) mass is 320 g/mol. The molecular weight excluding hydrogens is 296 g/mol.